The van der Waals surface area contributed by atoms with Crippen LogP contribution in [0.5, 0.6) is 0 Å². The highest BCUT2D eigenvalue weighted by atomic mass is 32.2. The van der Waals surface area contributed by atoms with E-state index in [0.717, 1.165) is 9.58 Å². The van der Waals surface area contributed by atoms with Crippen molar-refractivity contribution in [3.8, 4) is 0 Å². The summed E-state index contributed by atoms with van der Waals surface area (Å²) < 4.78 is 5.74. The van der Waals surface area contributed by atoms with Crippen LogP contribution in [-0.2, 0) is 20.9 Å². The third-order valence-corrected chi connectivity index (χ3v) is 4.92. The van der Waals surface area contributed by atoms with Gasteiger partial charge in [-0.05, 0) is 24.5 Å². The molecule has 0 aliphatic carbocycles. The fourth-order valence-electron chi connectivity index (χ4n) is 2.77. The molecule has 1 heterocycles. The number of primary amides is 1. The Morgan fingerprint density at radius 3 is 2.47 bits per heavy atom. The highest BCUT2D eigenvalue weighted by Gasteiger charge is 2.17. The number of hydrogen-bond acceptors (Lipinski definition) is 7. The number of ether oxygens (including phenoxy) is 1. The van der Waals surface area contributed by atoms with E-state index in [4.69, 9.17) is 10.5 Å². The first-order chi connectivity index (χ1) is 14.4. The third kappa shape index (κ3) is 4.66. The van der Waals surface area contributed by atoms with E-state index >= 15 is 0 Å². The summed E-state index contributed by atoms with van der Waals surface area (Å²) in [5.41, 5.74) is 5.23. The van der Waals surface area contributed by atoms with E-state index in [2.05, 4.69) is 10.4 Å². The van der Waals surface area contributed by atoms with Gasteiger partial charge in [0.2, 0.25) is 0 Å². The predicted molar refractivity (Wildman–Crippen MR) is 112 cm³/mol. The van der Waals surface area contributed by atoms with Gasteiger partial charge in [0, 0.05) is 10.3 Å². The van der Waals surface area contributed by atoms with Crippen molar-refractivity contribution >= 4 is 46.0 Å². The normalized spacial score (nSPS) is 10.6. The maximum absolute atomic E-state index is 12.5. The monoisotopic (exact) mass is 426 g/mol. The van der Waals surface area contributed by atoms with Crippen LogP contribution in [0.25, 0.3) is 10.8 Å². The van der Waals surface area contributed by atoms with E-state index in [9.17, 15) is 19.2 Å². The molecule has 3 N–H and O–H groups in total. The molecule has 30 heavy (non-hydrogen) atoms. The number of rotatable bonds is 7. The van der Waals surface area contributed by atoms with Crippen LogP contribution in [0.4, 0.5) is 5.69 Å². The number of aromatic nitrogens is 2. The molecule has 154 valence electrons. The van der Waals surface area contributed by atoms with Crippen molar-refractivity contribution in [3.05, 3.63) is 64.6 Å². The number of nitrogens with one attached hydrogen (secondary N) is 1. The second-order valence-corrected chi connectivity index (χ2v) is 6.98. The lowest BCUT2D eigenvalue weighted by molar-refractivity contribution is -0.148. The van der Waals surface area contributed by atoms with Crippen molar-refractivity contribution in [3.63, 3.8) is 0 Å². The lowest BCUT2D eigenvalue weighted by Gasteiger charge is -2.11. The zero-order chi connectivity index (χ0) is 21.7. The molecule has 9 nitrogen and oxygen atoms in total. The Morgan fingerprint density at radius 2 is 1.77 bits per heavy atom. The molecule has 0 unspecified atom stereocenters. The first-order valence-electron chi connectivity index (χ1n) is 8.79. The number of amides is 2. The Balaban J connectivity index is 1.70. The molecule has 0 saturated carbocycles. The fourth-order valence-corrected chi connectivity index (χ4v) is 3.33. The summed E-state index contributed by atoms with van der Waals surface area (Å²) in [5, 5.41) is 7.03. The van der Waals surface area contributed by atoms with Crippen LogP contribution >= 0.6 is 11.8 Å². The molecule has 3 rings (SSSR count). The van der Waals surface area contributed by atoms with Gasteiger partial charge in [0.15, 0.2) is 12.3 Å². The van der Waals surface area contributed by atoms with E-state index in [1.165, 1.54) is 17.8 Å². The SMILES string of the molecule is CSc1ccccc1NC(=O)COC(=O)Cn1nc(C(N)=O)c2ccccc2c1=O. The Kier molecular flexibility index (Phi) is 6.48. The Labute approximate surface area is 175 Å². The van der Waals surface area contributed by atoms with E-state index in [-0.39, 0.29) is 11.1 Å². The molecule has 0 radical (unpaired) electrons. The largest absolute Gasteiger partial charge is 0.454 e. The molecule has 0 aliphatic heterocycles. The van der Waals surface area contributed by atoms with Crippen molar-refractivity contribution in [2.24, 2.45) is 5.73 Å². The molecule has 10 heteroatoms. The van der Waals surface area contributed by atoms with Gasteiger partial charge < -0.3 is 15.8 Å². The zero-order valence-corrected chi connectivity index (χ0v) is 16.8. The van der Waals surface area contributed by atoms with Crippen LogP contribution in [0.1, 0.15) is 10.5 Å². The summed E-state index contributed by atoms with van der Waals surface area (Å²) in [6, 6.07) is 13.5. The highest BCUT2D eigenvalue weighted by molar-refractivity contribution is 7.98. The standard InChI is InChI=1S/C20H18N4O5S/c1-30-15-9-5-4-8-14(15)22-16(25)11-29-17(26)10-24-20(28)13-7-3-2-6-12(13)18(23-24)19(21)27/h2-9H,10-11H2,1H3,(H2,21,27)(H,22,25). The van der Waals surface area contributed by atoms with E-state index in [1.54, 1.807) is 30.3 Å². The molecule has 0 bridgehead atoms. The minimum atomic E-state index is -0.858. The van der Waals surface area contributed by atoms with E-state index in [1.807, 2.05) is 18.4 Å². The molecule has 3 aromatic rings. The van der Waals surface area contributed by atoms with Gasteiger partial charge in [0.05, 0.1) is 11.1 Å². The van der Waals surface area contributed by atoms with Crippen molar-refractivity contribution in [2.75, 3.05) is 18.2 Å². The first-order valence-corrected chi connectivity index (χ1v) is 10.0. The van der Waals surface area contributed by atoms with Gasteiger partial charge in [-0.25, -0.2) is 4.68 Å². The molecule has 0 atom stereocenters. The molecule has 0 fully saturated rings. The number of esters is 1. The van der Waals surface area contributed by atoms with Crippen LogP contribution in [0.3, 0.4) is 0 Å². The molecular formula is C20H18N4O5S. The Hall–Kier alpha value is -3.66. The van der Waals surface area contributed by atoms with Crippen molar-refractivity contribution in [2.45, 2.75) is 11.4 Å². The number of para-hydroxylation sites is 1. The number of carbonyl (C=O) groups excluding carboxylic acids is 3. The van der Waals surface area contributed by atoms with Crippen molar-refractivity contribution in [1.29, 1.82) is 0 Å². The van der Waals surface area contributed by atoms with Crippen LogP contribution in [0, 0.1) is 0 Å². The molecule has 0 saturated heterocycles. The summed E-state index contributed by atoms with van der Waals surface area (Å²) in [5.74, 6) is -2.22. The van der Waals surface area contributed by atoms with E-state index in [0.29, 0.717) is 11.1 Å². The lowest BCUT2D eigenvalue weighted by atomic mass is 10.1. The number of anilines is 1. The average molecular weight is 426 g/mol. The van der Waals surface area contributed by atoms with Crippen molar-refractivity contribution < 1.29 is 19.1 Å². The maximum atomic E-state index is 12.5. The summed E-state index contributed by atoms with van der Waals surface area (Å²) in [7, 11) is 0. The smallest absolute Gasteiger partial charge is 0.328 e. The number of nitrogens with zero attached hydrogens (tertiary/aromatic N) is 2. The van der Waals surface area contributed by atoms with Gasteiger partial charge in [0.25, 0.3) is 17.4 Å². The molecular weight excluding hydrogens is 408 g/mol. The molecule has 2 aromatic carbocycles. The molecule has 1 aromatic heterocycles. The average Bonchev–Trinajstić information content (AvgIpc) is 2.74. The van der Waals surface area contributed by atoms with Gasteiger partial charge in [-0.2, -0.15) is 5.10 Å². The van der Waals surface area contributed by atoms with Crippen molar-refractivity contribution in [1.82, 2.24) is 9.78 Å². The van der Waals surface area contributed by atoms with Gasteiger partial charge in [-0.1, -0.05) is 30.3 Å². The Morgan fingerprint density at radius 1 is 1.10 bits per heavy atom. The minimum Gasteiger partial charge on any atom is -0.454 e. The molecule has 0 spiro atoms. The second kappa shape index (κ2) is 9.23. The van der Waals surface area contributed by atoms with Gasteiger partial charge in [-0.3, -0.25) is 19.2 Å². The fraction of sp³-hybridized carbons (Fsp3) is 0.150. The summed E-state index contributed by atoms with van der Waals surface area (Å²) in [6.07, 6.45) is 1.87. The number of benzene rings is 2. The number of nitrogens with two attached hydrogens (primary N) is 1. The second-order valence-electron chi connectivity index (χ2n) is 6.13. The van der Waals surface area contributed by atoms with Crippen LogP contribution in [0.15, 0.2) is 58.2 Å². The summed E-state index contributed by atoms with van der Waals surface area (Å²) in [4.78, 5) is 49.3. The van der Waals surface area contributed by atoms with Crippen LogP contribution < -0.4 is 16.6 Å². The molecule has 0 aliphatic rings. The minimum absolute atomic E-state index is 0.135. The highest BCUT2D eigenvalue weighted by Crippen LogP contribution is 2.24. The topological polar surface area (TPSA) is 133 Å². The van der Waals surface area contributed by atoms with Gasteiger partial charge in [-0.15, -0.1) is 11.8 Å². The van der Waals surface area contributed by atoms with Crippen LogP contribution in [0.2, 0.25) is 0 Å². The maximum Gasteiger partial charge on any atom is 0.328 e. The van der Waals surface area contributed by atoms with E-state index < -0.39 is 36.5 Å². The summed E-state index contributed by atoms with van der Waals surface area (Å²) >= 11 is 1.46. The number of hydrogen-bond donors (Lipinski definition) is 2. The zero-order valence-electron chi connectivity index (χ0n) is 16.0. The lowest BCUT2D eigenvalue weighted by Crippen LogP contribution is -2.32. The number of carbonyl (C=O) groups is 3. The molecule has 2 amide bonds. The number of thioether (sulfide) groups is 1. The van der Waals surface area contributed by atoms with Gasteiger partial charge in [0.1, 0.15) is 6.54 Å². The quantitative estimate of drug-likeness (QED) is 0.431. The number of fused-ring (bicyclic) bond motifs is 1. The van der Waals surface area contributed by atoms with Crippen LogP contribution in [-0.4, -0.2) is 40.4 Å². The Bertz CT molecular complexity index is 1190. The predicted octanol–water partition coefficient (Wildman–Crippen LogP) is 1.40. The van der Waals surface area contributed by atoms with Gasteiger partial charge >= 0.3 is 5.97 Å². The first kappa shape index (κ1) is 21.1. The third-order valence-electron chi connectivity index (χ3n) is 4.13. The summed E-state index contributed by atoms with van der Waals surface area (Å²) in [6.45, 7) is -1.11.